The van der Waals surface area contributed by atoms with Crippen molar-refractivity contribution in [1.29, 1.82) is 0 Å². The molecule has 0 aliphatic carbocycles. The van der Waals surface area contributed by atoms with Gasteiger partial charge in [0.15, 0.2) is 0 Å². The van der Waals surface area contributed by atoms with Crippen molar-refractivity contribution in [2.24, 2.45) is 0 Å². The third-order valence-corrected chi connectivity index (χ3v) is 1.39. The van der Waals surface area contributed by atoms with E-state index in [4.69, 9.17) is 0 Å². The second-order valence-electron chi connectivity index (χ2n) is 1.74. The zero-order valence-corrected chi connectivity index (χ0v) is 7.81. The molecule has 0 unspecified atom stereocenters. The quantitative estimate of drug-likeness (QED) is 0.309. The van der Waals surface area contributed by atoms with Gasteiger partial charge in [-0.25, -0.2) is 9.59 Å². The maximum absolute atomic E-state index is 10.8. The molecule has 0 aliphatic heterocycles. The van der Waals surface area contributed by atoms with E-state index < -0.39 is 5.97 Å². The van der Waals surface area contributed by atoms with Crippen LogP contribution in [0.3, 0.4) is 0 Å². The summed E-state index contributed by atoms with van der Waals surface area (Å²) in [5.41, 5.74) is 0.0590. The van der Waals surface area contributed by atoms with Crippen LogP contribution < -0.4 is 0 Å². The largest absolute Gasteiger partial charge is 0.462 e. The van der Waals surface area contributed by atoms with Gasteiger partial charge < -0.3 is 4.74 Å². The van der Waals surface area contributed by atoms with Crippen molar-refractivity contribution in [2.75, 3.05) is 11.9 Å². The summed E-state index contributed by atoms with van der Waals surface area (Å²) >= 11 is 3.10. The second kappa shape index (κ2) is 6.13. The number of hydrogen-bond acceptors (Lipinski definition) is 3. The number of esters is 1. The van der Waals surface area contributed by atoms with Gasteiger partial charge in [-0.05, 0) is 13.3 Å². The fraction of sp³-hybridized carbons (Fsp3) is 0.571. The van der Waals surface area contributed by atoms with Gasteiger partial charge in [-0.2, -0.15) is 0 Å². The lowest BCUT2D eigenvalue weighted by Gasteiger charge is -1.99. The molecule has 0 heterocycles. The molecule has 4 heteroatoms. The van der Waals surface area contributed by atoms with Crippen LogP contribution >= 0.6 is 15.9 Å². The standard InChI is InChI=1S/C7H9BrO3/c1-2-11-7(10)6(5-9)3-4-8/h2-4H2,1H3. The van der Waals surface area contributed by atoms with E-state index in [-0.39, 0.29) is 12.2 Å². The summed E-state index contributed by atoms with van der Waals surface area (Å²) < 4.78 is 4.59. The molecule has 0 bridgehead atoms. The van der Waals surface area contributed by atoms with Gasteiger partial charge in [0.2, 0.25) is 0 Å². The summed E-state index contributed by atoms with van der Waals surface area (Å²) in [5.74, 6) is 0.982. The van der Waals surface area contributed by atoms with Crippen LogP contribution in [0.5, 0.6) is 0 Å². The smallest absolute Gasteiger partial charge is 0.345 e. The fourth-order valence-corrected chi connectivity index (χ4v) is 0.904. The van der Waals surface area contributed by atoms with Crippen LogP contribution in [-0.4, -0.2) is 23.8 Å². The highest BCUT2D eigenvalue weighted by molar-refractivity contribution is 9.09. The monoisotopic (exact) mass is 220 g/mol. The molecule has 3 nitrogen and oxygen atoms in total. The van der Waals surface area contributed by atoms with Crippen molar-refractivity contribution in [3.8, 4) is 0 Å². The molecule has 0 rings (SSSR count). The molecule has 0 aromatic carbocycles. The van der Waals surface area contributed by atoms with Gasteiger partial charge >= 0.3 is 5.97 Å². The molecule has 0 fully saturated rings. The number of carbonyl (C=O) groups is 1. The molecule has 0 saturated heterocycles. The average molecular weight is 221 g/mol. The van der Waals surface area contributed by atoms with Crippen molar-refractivity contribution in [2.45, 2.75) is 13.3 Å². The predicted molar refractivity (Wildman–Crippen MR) is 44.3 cm³/mol. The molecular weight excluding hydrogens is 212 g/mol. The Morgan fingerprint density at radius 2 is 2.27 bits per heavy atom. The van der Waals surface area contributed by atoms with Crippen LogP contribution in [0, 0.1) is 0 Å². The van der Waals surface area contributed by atoms with Crippen LogP contribution in [-0.2, 0) is 14.3 Å². The van der Waals surface area contributed by atoms with E-state index in [0.717, 1.165) is 0 Å². The van der Waals surface area contributed by atoms with E-state index in [1.165, 1.54) is 0 Å². The lowest BCUT2D eigenvalue weighted by Crippen LogP contribution is -2.08. The average Bonchev–Trinajstić information content (AvgIpc) is 2.00. The molecular formula is C7H9BrO3. The van der Waals surface area contributed by atoms with Crippen LogP contribution in [0.4, 0.5) is 0 Å². The highest BCUT2D eigenvalue weighted by atomic mass is 79.9. The molecule has 0 aromatic heterocycles. The summed E-state index contributed by atoms with van der Waals surface area (Å²) in [6.07, 6.45) is 0.363. The van der Waals surface area contributed by atoms with Gasteiger partial charge in [0.25, 0.3) is 0 Å². The third-order valence-electron chi connectivity index (χ3n) is 0.990. The van der Waals surface area contributed by atoms with Crippen LogP contribution in [0.15, 0.2) is 5.57 Å². The van der Waals surface area contributed by atoms with Gasteiger partial charge in [0, 0.05) is 5.33 Å². The Morgan fingerprint density at radius 1 is 1.64 bits per heavy atom. The van der Waals surface area contributed by atoms with E-state index in [2.05, 4.69) is 20.7 Å². The Kier molecular flexibility index (Phi) is 5.80. The SMILES string of the molecule is CCOC(=O)C(=C=O)CCBr. The first kappa shape index (κ1) is 10.4. The Labute approximate surface area is 73.5 Å². The Balaban J connectivity index is 4.05. The molecule has 0 N–H and O–H groups in total. The highest BCUT2D eigenvalue weighted by Crippen LogP contribution is 2.01. The van der Waals surface area contributed by atoms with Gasteiger partial charge in [0.05, 0.1) is 6.61 Å². The highest BCUT2D eigenvalue weighted by Gasteiger charge is 2.09. The summed E-state index contributed by atoms with van der Waals surface area (Å²) in [6.45, 7) is 1.97. The number of halogens is 1. The van der Waals surface area contributed by atoms with E-state index in [1.807, 2.05) is 0 Å². The van der Waals surface area contributed by atoms with E-state index in [9.17, 15) is 9.59 Å². The lowest BCUT2D eigenvalue weighted by molar-refractivity contribution is -0.138. The van der Waals surface area contributed by atoms with Crippen molar-refractivity contribution >= 4 is 27.8 Å². The molecule has 0 saturated carbocycles. The Bertz CT molecular complexity index is 182. The minimum atomic E-state index is -0.568. The van der Waals surface area contributed by atoms with E-state index in [0.29, 0.717) is 11.8 Å². The van der Waals surface area contributed by atoms with Gasteiger partial charge in [0.1, 0.15) is 11.5 Å². The maximum Gasteiger partial charge on any atom is 0.345 e. The molecule has 62 valence electrons. The van der Waals surface area contributed by atoms with Crippen molar-refractivity contribution in [3.63, 3.8) is 0 Å². The summed E-state index contributed by atoms with van der Waals surface area (Å²) in [6, 6.07) is 0. The molecule has 0 radical (unpaired) electrons. The van der Waals surface area contributed by atoms with Gasteiger partial charge in [-0.3, -0.25) is 0 Å². The van der Waals surface area contributed by atoms with E-state index in [1.54, 1.807) is 12.9 Å². The number of alkyl halides is 1. The fourth-order valence-electron chi connectivity index (χ4n) is 0.507. The lowest BCUT2D eigenvalue weighted by atomic mass is 10.2. The summed E-state index contributed by atoms with van der Waals surface area (Å²) in [5, 5.41) is 0.566. The van der Waals surface area contributed by atoms with Crippen LogP contribution in [0.1, 0.15) is 13.3 Å². The van der Waals surface area contributed by atoms with Crippen molar-refractivity contribution in [1.82, 2.24) is 0 Å². The number of rotatable bonds is 4. The molecule has 11 heavy (non-hydrogen) atoms. The van der Waals surface area contributed by atoms with E-state index >= 15 is 0 Å². The van der Waals surface area contributed by atoms with Crippen LogP contribution in [0.25, 0.3) is 0 Å². The second-order valence-corrected chi connectivity index (χ2v) is 2.53. The Hall–Kier alpha value is -0.600. The predicted octanol–water partition coefficient (Wildman–Crippen LogP) is 1.09. The normalized spacial score (nSPS) is 8.55. The molecule has 0 spiro atoms. The Morgan fingerprint density at radius 3 is 2.64 bits per heavy atom. The number of carbonyl (C=O) groups excluding carboxylic acids is 2. The first-order valence-electron chi connectivity index (χ1n) is 3.23. The van der Waals surface area contributed by atoms with Crippen molar-refractivity contribution in [3.05, 3.63) is 5.57 Å². The molecule has 0 atom stereocenters. The zero-order valence-electron chi connectivity index (χ0n) is 6.22. The molecule has 0 amide bonds. The summed E-state index contributed by atoms with van der Waals surface area (Å²) in [4.78, 5) is 20.9. The number of hydrogen-bond donors (Lipinski definition) is 0. The minimum absolute atomic E-state index is 0.0590. The maximum atomic E-state index is 10.8. The first-order chi connectivity index (χ1) is 5.26. The minimum Gasteiger partial charge on any atom is -0.462 e. The molecule has 0 aliphatic rings. The van der Waals surface area contributed by atoms with Gasteiger partial charge in [-0.1, -0.05) is 15.9 Å². The van der Waals surface area contributed by atoms with Gasteiger partial charge in [-0.15, -0.1) is 0 Å². The molecule has 0 aromatic rings. The first-order valence-corrected chi connectivity index (χ1v) is 4.35. The summed E-state index contributed by atoms with van der Waals surface area (Å²) in [7, 11) is 0. The zero-order chi connectivity index (χ0) is 8.69. The topological polar surface area (TPSA) is 43.4 Å². The number of ether oxygens (including phenoxy) is 1. The van der Waals surface area contributed by atoms with Crippen LogP contribution in [0.2, 0.25) is 0 Å². The van der Waals surface area contributed by atoms with Crippen molar-refractivity contribution < 1.29 is 14.3 Å². The third kappa shape index (κ3) is 3.96.